The maximum Gasteiger partial charge on any atom is 0.200 e. The molecule has 1 aromatic rings. The summed E-state index contributed by atoms with van der Waals surface area (Å²) >= 11 is 0. The van der Waals surface area contributed by atoms with Crippen LogP contribution >= 0.6 is 0 Å². The van der Waals surface area contributed by atoms with Crippen LogP contribution in [0.1, 0.15) is 109 Å². The topological polar surface area (TPSA) is 9.23 Å². The Labute approximate surface area is 182 Å². The van der Waals surface area contributed by atoms with E-state index in [0.717, 1.165) is 49.9 Å². The molecule has 3 saturated carbocycles. The fraction of sp³-hybridized carbons (Fsp3) is 0.778. The number of rotatable bonds is 6. The molecule has 168 valence electrons. The highest BCUT2D eigenvalue weighted by atomic mass is 19.2. The standard InChI is InChI=1S/C27H40F2O/c1-3-4-19-7-14-23(17-19)30-25-16-15-24(26(28)27(25)29)22-12-10-21(11-13-22)20-8-5-18(2)6-9-20/h15-16,18-23H,3-14,17H2,1-2H3. The van der Waals surface area contributed by atoms with Gasteiger partial charge in [0.1, 0.15) is 0 Å². The number of ether oxygens (including phenoxy) is 1. The Hall–Kier alpha value is -1.12. The van der Waals surface area contributed by atoms with Crippen LogP contribution in [-0.4, -0.2) is 6.10 Å². The third-order valence-electron chi connectivity index (χ3n) is 8.50. The van der Waals surface area contributed by atoms with Crippen molar-refractivity contribution in [1.82, 2.24) is 0 Å². The molecule has 4 rings (SSSR count). The molecule has 0 aliphatic heterocycles. The van der Waals surface area contributed by atoms with Crippen molar-refractivity contribution in [3.05, 3.63) is 29.3 Å². The van der Waals surface area contributed by atoms with E-state index in [9.17, 15) is 8.78 Å². The summed E-state index contributed by atoms with van der Waals surface area (Å²) in [4.78, 5) is 0. The number of halogens is 2. The summed E-state index contributed by atoms with van der Waals surface area (Å²) in [6.45, 7) is 4.57. The van der Waals surface area contributed by atoms with E-state index in [-0.39, 0.29) is 17.8 Å². The zero-order chi connectivity index (χ0) is 21.1. The van der Waals surface area contributed by atoms with Crippen molar-refractivity contribution in [3.63, 3.8) is 0 Å². The van der Waals surface area contributed by atoms with Gasteiger partial charge < -0.3 is 4.74 Å². The lowest BCUT2D eigenvalue weighted by Crippen LogP contribution is -2.25. The van der Waals surface area contributed by atoms with E-state index in [1.165, 1.54) is 51.4 Å². The summed E-state index contributed by atoms with van der Waals surface area (Å²) < 4.78 is 35.7. The van der Waals surface area contributed by atoms with Gasteiger partial charge in [0, 0.05) is 0 Å². The molecule has 0 radical (unpaired) electrons. The molecule has 0 heterocycles. The molecule has 0 bridgehead atoms. The molecule has 1 aromatic carbocycles. The Balaban J connectivity index is 1.34. The van der Waals surface area contributed by atoms with Crippen molar-refractivity contribution in [2.45, 2.75) is 109 Å². The Morgan fingerprint density at radius 2 is 1.50 bits per heavy atom. The molecule has 3 heteroatoms. The van der Waals surface area contributed by atoms with Crippen LogP contribution in [0.3, 0.4) is 0 Å². The Bertz CT molecular complexity index is 686. The van der Waals surface area contributed by atoms with Crippen LogP contribution in [0.2, 0.25) is 0 Å². The van der Waals surface area contributed by atoms with E-state index in [0.29, 0.717) is 11.5 Å². The van der Waals surface area contributed by atoms with Crippen molar-refractivity contribution < 1.29 is 13.5 Å². The van der Waals surface area contributed by atoms with E-state index >= 15 is 0 Å². The van der Waals surface area contributed by atoms with Gasteiger partial charge in [0.25, 0.3) is 0 Å². The number of hydrogen-bond donors (Lipinski definition) is 0. The smallest absolute Gasteiger partial charge is 0.200 e. The lowest BCUT2D eigenvalue weighted by Gasteiger charge is -2.37. The maximum atomic E-state index is 15.0. The minimum Gasteiger partial charge on any atom is -0.487 e. The van der Waals surface area contributed by atoms with Crippen LogP contribution in [0.5, 0.6) is 5.75 Å². The first-order chi connectivity index (χ1) is 14.5. The van der Waals surface area contributed by atoms with Crippen molar-refractivity contribution in [1.29, 1.82) is 0 Å². The van der Waals surface area contributed by atoms with Gasteiger partial charge in [0.2, 0.25) is 5.82 Å². The van der Waals surface area contributed by atoms with Gasteiger partial charge in [-0.2, -0.15) is 4.39 Å². The van der Waals surface area contributed by atoms with Gasteiger partial charge in [-0.3, -0.25) is 0 Å². The minimum absolute atomic E-state index is 0.0370. The van der Waals surface area contributed by atoms with Gasteiger partial charge in [-0.25, -0.2) is 4.39 Å². The number of benzene rings is 1. The van der Waals surface area contributed by atoms with Crippen LogP contribution < -0.4 is 4.74 Å². The molecule has 0 amide bonds. The van der Waals surface area contributed by atoms with E-state index in [4.69, 9.17) is 4.74 Å². The third kappa shape index (κ3) is 5.02. The average Bonchev–Trinajstić information content (AvgIpc) is 3.20. The highest BCUT2D eigenvalue weighted by Gasteiger charge is 2.32. The number of hydrogen-bond acceptors (Lipinski definition) is 1. The highest BCUT2D eigenvalue weighted by Crippen LogP contribution is 2.45. The molecule has 0 aromatic heterocycles. The Kier molecular flexibility index (Phi) is 7.36. The summed E-state index contributed by atoms with van der Waals surface area (Å²) in [6, 6.07) is 3.50. The highest BCUT2D eigenvalue weighted by molar-refractivity contribution is 5.33. The van der Waals surface area contributed by atoms with Crippen LogP contribution in [0, 0.1) is 35.3 Å². The zero-order valence-corrected chi connectivity index (χ0v) is 19.0. The molecule has 2 unspecified atom stereocenters. The van der Waals surface area contributed by atoms with Crippen LogP contribution in [0.25, 0.3) is 0 Å². The molecule has 3 fully saturated rings. The predicted molar refractivity (Wildman–Crippen MR) is 119 cm³/mol. The van der Waals surface area contributed by atoms with Gasteiger partial charge >= 0.3 is 0 Å². The molecule has 3 aliphatic carbocycles. The van der Waals surface area contributed by atoms with Crippen molar-refractivity contribution >= 4 is 0 Å². The molecule has 2 atom stereocenters. The van der Waals surface area contributed by atoms with Gasteiger partial charge in [0.15, 0.2) is 11.6 Å². The minimum atomic E-state index is -0.769. The average molecular weight is 419 g/mol. The van der Waals surface area contributed by atoms with E-state index < -0.39 is 11.6 Å². The molecule has 0 N–H and O–H groups in total. The fourth-order valence-electron chi connectivity index (χ4n) is 6.60. The summed E-state index contributed by atoms with van der Waals surface area (Å²) in [7, 11) is 0. The second-order valence-electron chi connectivity index (χ2n) is 10.6. The molecule has 3 aliphatic rings. The van der Waals surface area contributed by atoms with E-state index in [2.05, 4.69) is 13.8 Å². The Morgan fingerprint density at radius 3 is 2.17 bits per heavy atom. The fourth-order valence-corrected chi connectivity index (χ4v) is 6.60. The van der Waals surface area contributed by atoms with Gasteiger partial charge in [-0.1, -0.05) is 45.6 Å². The van der Waals surface area contributed by atoms with Crippen LogP contribution in [0.4, 0.5) is 8.78 Å². The SMILES string of the molecule is CCCC1CCC(Oc2ccc(C3CCC(C4CCC(C)CC4)CC3)c(F)c2F)C1. The van der Waals surface area contributed by atoms with Gasteiger partial charge in [-0.15, -0.1) is 0 Å². The molecular formula is C27H40F2O. The third-order valence-corrected chi connectivity index (χ3v) is 8.50. The van der Waals surface area contributed by atoms with E-state index in [1.807, 2.05) is 0 Å². The molecule has 1 nitrogen and oxygen atoms in total. The maximum absolute atomic E-state index is 15.0. The molecule has 30 heavy (non-hydrogen) atoms. The van der Waals surface area contributed by atoms with Crippen molar-refractivity contribution in [2.75, 3.05) is 0 Å². The predicted octanol–water partition coefficient (Wildman–Crippen LogP) is 8.41. The molecular weight excluding hydrogens is 378 g/mol. The lowest BCUT2D eigenvalue weighted by molar-refractivity contribution is 0.164. The van der Waals surface area contributed by atoms with Gasteiger partial charge in [0.05, 0.1) is 6.10 Å². The first kappa shape index (κ1) is 22.1. The first-order valence-corrected chi connectivity index (χ1v) is 12.7. The second-order valence-corrected chi connectivity index (χ2v) is 10.6. The quantitative estimate of drug-likeness (QED) is 0.450. The molecule has 0 spiro atoms. The summed E-state index contributed by atoms with van der Waals surface area (Å²) in [5.74, 6) is 2.06. The summed E-state index contributed by atoms with van der Waals surface area (Å²) in [6.07, 6.45) is 15.3. The zero-order valence-electron chi connectivity index (χ0n) is 19.0. The van der Waals surface area contributed by atoms with Crippen LogP contribution in [-0.2, 0) is 0 Å². The van der Waals surface area contributed by atoms with E-state index in [1.54, 1.807) is 12.1 Å². The van der Waals surface area contributed by atoms with Crippen molar-refractivity contribution in [2.24, 2.45) is 23.7 Å². The van der Waals surface area contributed by atoms with Crippen molar-refractivity contribution in [3.8, 4) is 5.75 Å². The normalized spacial score (nSPS) is 34.8. The molecule has 0 saturated heterocycles. The largest absolute Gasteiger partial charge is 0.487 e. The summed E-state index contributed by atoms with van der Waals surface area (Å²) in [5, 5.41) is 0. The first-order valence-electron chi connectivity index (χ1n) is 12.7. The van der Waals surface area contributed by atoms with Gasteiger partial charge in [-0.05, 0) is 99.0 Å². The van der Waals surface area contributed by atoms with Crippen LogP contribution in [0.15, 0.2) is 12.1 Å². The summed E-state index contributed by atoms with van der Waals surface area (Å²) in [5.41, 5.74) is 0.575. The lowest BCUT2D eigenvalue weighted by atomic mass is 9.68. The Morgan fingerprint density at radius 1 is 0.833 bits per heavy atom. The monoisotopic (exact) mass is 418 g/mol. The second kappa shape index (κ2) is 10.0.